The summed E-state index contributed by atoms with van der Waals surface area (Å²) in [6.07, 6.45) is 8.82. The summed E-state index contributed by atoms with van der Waals surface area (Å²) in [4.78, 5) is 13.9. The maximum atomic E-state index is 12.0. The molecular formula is C18H33NO3. The van der Waals surface area contributed by atoms with Crippen molar-refractivity contribution in [2.75, 3.05) is 13.1 Å². The van der Waals surface area contributed by atoms with Gasteiger partial charge in [0.25, 0.3) is 0 Å². The molecular weight excluding hydrogens is 278 g/mol. The number of carbonyl (C=O) groups excluding carboxylic acids is 1. The van der Waals surface area contributed by atoms with Gasteiger partial charge in [0.1, 0.15) is 5.60 Å². The first kappa shape index (κ1) is 17.6. The summed E-state index contributed by atoms with van der Waals surface area (Å²) in [6, 6.07) is 0. The number of ether oxygens (including phenoxy) is 2. The van der Waals surface area contributed by atoms with E-state index in [9.17, 15) is 4.79 Å². The molecule has 22 heavy (non-hydrogen) atoms. The lowest BCUT2D eigenvalue weighted by molar-refractivity contribution is -0.0626. The van der Waals surface area contributed by atoms with Crippen LogP contribution in [0.25, 0.3) is 0 Å². The first-order valence-corrected chi connectivity index (χ1v) is 9.00. The molecule has 128 valence electrons. The Morgan fingerprint density at radius 3 is 2.05 bits per heavy atom. The summed E-state index contributed by atoms with van der Waals surface area (Å²) in [7, 11) is 0. The highest BCUT2D eigenvalue weighted by Gasteiger charge is 2.29. The molecule has 4 nitrogen and oxygen atoms in total. The predicted molar refractivity (Wildman–Crippen MR) is 88.0 cm³/mol. The van der Waals surface area contributed by atoms with Crippen LogP contribution < -0.4 is 0 Å². The molecule has 2 fully saturated rings. The average Bonchev–Trinajstić information content (AvgIpc) is 2.47. The first-order valence-electron chi connectivity index (χ1n) is 9.00. The van der Waals surface area contributed by atoms with Crippen LogP contribution in [-0.2, 0) is 9.47 Å². The van der Waals surface area contributed by atoms with E-state index in [4.69, 9.17) is 9.47 Å². The van der Waals surface area contributed by atoms with Gasteiger partial charge in [-0.15, -0.1) is 0 Å². The van der Waals surface area contributed by atoms with Gasteiger partial charge in [-0.3, -0.25) is 0 Å². The highest BCUT2D eigenvalue weighted by molar-refractivity contribution is 5.68. The fourth-order valence-electron chi connectivity index (χ4n) is 3.45. The highest BCUT2D eigenvalue weighted by Crippen LogP contribution is 2.30. The zero-order chi connectivity index (χ0) is 16.2. The predicted octanol–water partition coefficient (Wildman–Crippen LogP) is 4.37. The fraction of sp³-hybridized carbons (Fsp3) is 0.944. The van der Waals surface area contributed by atoms with Crippen molar-refractivity contribution in [2.24, 2.45) is 5.92 Å². The van der Waals surface area contributed by atoms with Crippen molar-refractivity contribution in [1.82, 2.24) is 4.90 Å². The number of nitrogens with zero attached hydrogens (tertiary/aromatic N) is 1. The van der Waals surface area contributed by atoms with E-state index in [1.165, 1.54) is 32.1 Å². The van der Waals surface area contributed by atoms with Crippen LogP contribution in [0.4, 0.5) is 4.79 Å². The number of amides is 1. The Labute approximate surface area is 135 Å². The van der Waals surface area contributed by atoms with Gasteiger partial charge in [0, 0.05) is 13.1 Å². The molecule has 0 aromatic carbocycles. The van der Waals surface area contributed by atoms with Gasteiger partial charge in [0.05, 0.1) is 12.2 Å². The third-order valence-electron chi connectivity index (χ3n) is 4.85. The van der Waals surface area contributed by atoms with Crippen LogP contribution in [0.2, 0.25) is 0 Å². The topological polar surface area (TPSA) is 38.8 Å². The van der Waals surface area contributed by atoms with Crippen LogP contribution in [0.3, 0.4) is 0 Å². The van der Waals surface area contributed by atoms with E-state index in [1.807, 2.05) is 25.7 Å². The summed E-state index contributed by atoms with van der Waals surface area (Å²) in [5, 5.41) is 0. The number of carbonyl (C=O) groups is 1. The van der Waals surface area contributed by atoms with Crippen LogP contribution in [-0.4, -0.2) is 41.9 Å². The molecule has 1 saturated carbocycles. The van der Waals surface area contributed by atoms with E-state index in [2.05, 4.69) is 6.92 Å². The minimum atomic E-state index is -0.414. The Hall–Kier alpha value is -0.770. The second-order valence-corrected chi connectivity index (χ2v) is 7.85. The van der Waals surface area contributed by atoms with E-state index >= 15 is 0 Å². The Balaban J connectivity index is 1.68. The van der Waals surface area contributed by atoms with Gasteiger partial charge < -0.3 is 14.4 Å². The minimum absolute atomic E-state index is 0.186. The molecule has 0 aromatic heterocycles. The van der Waals surface area contributed by atoms with E-state index in [-0.39, 0.29) is 6.09 Å². The molecule has 0 spiro atoms. The zero-order valence-electron chi connectivity index (χ0n) is 14.8. The van der Waals surface area contributed by atoms with Crippen molar-refractivity contribution in [3.05, 3.63) is 0 Å². The lowest BCUT2D eigenvalue weighted by Gasteiger charge is -2.36. The Bertz CT molecular complexity index is 348. The standard InChI is InChI=1S/C18H33NO3/c1-5-14-6-8-15(9-7-14)21-16-10-12-19(13-11-16)17(20)22-18(2,3)4/h14-16H,5-13H2,1-4H3. The summed E-state index contributed by atoms with van der Waals surface area (Å²) in [5.41, 5.74) is -0.414. The molecule has 1 heterocycles. The van der Waals surface area contributed by atoms with Gasteiger partial charge in [-0.1, -0.05) is 13.3 Å². The minimum Gasteiger partial charge on any atom is -0.444 e. The second-order valence-electron chi connectivity index (χ2n) is 7.85. The zero-order valence-corrected chi connectivity index (χ0v) is 14.8. The maximum absolute atomic E-state index is 12.0. The monoisotopic (exact) mass is 311 g/mol. The van der Waals surface area contributed by atoms with Crippen molar-refractivity contribution in [1.29, 1.82) is 0 Å². The maximum Gasteiger partial charge on any atom is 0.410 e. The van der Waals surface area contributed by atoms with Gasteiger partial charge in [-0.2, -0.15) is 0 Å². The average molecular weight is 311 g/mol. The summed E-state index contributed by atoms with van der Waals surface area (Å²) in [6.45, 7) is 9.53. The Morgan fingerprint density at radius 2 is 1.55 bits per heavy atom. The van der Waals surface area contributed by atoms with E-state index in [0.29, 0.717) is 12.2 Å². The van der Waals surface area contributed by atoms with Crippen molar-refractivity contribution in [3.63, 3.8) is 0 Å². The number of hydrogen-bond acceptors (Lipinski definition) is 3. The van der Waals surface area contributed by atoms with Crippen LogP contribution in [0.5, 0.6) is 0 Å². The van der Waals surface area contributed by atoms with E-state index in [0.717, 1.165) is 31.8 Å². The molecule has 1 aliphatic carbocycles. The lowest BCUT2D eigenvalue weighted by atomic mass is 9.85. The number of likely N-dealkylation sites (tertiary alicyclic amines) is 1. The molecule has 0 bridgehead atoms. The first-order chi connectivity index (χ1) is 10.4. The molecule has 0 aromatic rings. The SMILES string of the molecule is CCC1CCC(OC2CCN(C(=O)OC(C)(C)C)CC2)CC1. The van der Waals surface area contributed by atoms with Gasteiger partial charge in [-0.25, -0.2) is 4.79 Å². The highest BCUT2D eigenvalue weighted by atomic mass is 16.6. The lowest BCUT2D eigenvalue weighted by Crippen LogP contribution is -2.44. The summed E-state index contributed by atoms with van der Waals surface area (Å²) in [5.74, 6) is 0.911. The van der Waals surface area contributed by atoms with Crippen molar-refractivity contribution < 1.29 is 14.3 Å². The smallest absolute Gasteiger partial charge is 0.410 e. The summed E-state index contributed by atoms with van der Waals surface area (Å²) < 4.78 is 11.7. The number of hydrogen-bond donors (Lipinski definition) is 0. The Morgan fingerprint density at radius 1 is 1.00 bits per heavy atom. The number of rotatable bonds is 3. The Kier molecular flexibility index (Phi) is 6.13. The van der Waals surface area contributed by atoms with E-state index < -0.39 is 5.60 Å². The van der Waals surface area contributed by atoms with E-state index in [1.54, 1.807) is 0 Å². The van der Waals surface area contributed by atoms with Crippen molar-refractivity contribution >= 4 is 6.09 Å². The molecule has 0 N–H and O–H groups in total. The van der Waals surface area contributed by atoms with Crippen LogP contribution in [0.1, 0.15) is 72.6 Å². The molecule has 0 atom stereocenters. The molecule has 1 saturated heterocycles. The molecule has 2 rings (SSSR count). The molecule has 2 aliphatic rings. The van der Waals surface area contributed by atoms with Gasteiger partial charge in [-0.05, 0) is 65.2 Å². The fourth-order valence-corrected chi connectivity index (χ4v) is 3.45. The third kappa shape index (κ3) is 5.45. The largest absolute Gasteiger partial charge is 0.444 e. The third-order valence-corrected chi connectivity index (χ3v) is 4.85. The van der Waals surface area contributed by atoms with Crippen LogP contribution >= 0.6 is 0 Å². The van der Waals surface area contributed by atoms with Gasteiger partial charge >= 0.3 is 6.09 Å². The van der Waals surface area contributed by atoms with Gasteiger partial charge in [0.15, 0.2) is 0 Å². The molecule has 0 unspecified atom stereocenters. The van der Waals surface area contributed by atoms with Gasteiger partial charge in [0.2, 0.25) is 0 Å². The van der Waals surface area contributed by atoms with Crippen molar-refractivity contribution in [2.45, 2.75) is 90.4 Å². The number of piperidine rings is 1. The molecule has 4 heteroatoms. The second kappa shape index (κ2) is 7.67. The van der Waals surface area contributed by atoms with Crippen LogP contribution in [0, 0.1) is 5.92 Å². The molecule has 1 amide bonds. The molecule has 1 aliphatic heterocycles. The quantitative estimate of drug-likeness (QED) is 0.777. The van der Waals surface area contributed by atoms with Crippen molar-refractivity contribution in [3.8, 4) is 0 Å². The normalized spacial score (nSPS) is 27.7. The molecule has 0 radical (unpaired) electrons. The van der Waals surface area contributed by atoms with Crippen LogP contribution in [0.15, 0.2) is 0 Å². The summed E-state index contributed by atoms with van der Waals surface area (Å²) >= 11 is 0.